The molecule has 20 heavy (non-hydrogen) atoms. The Morgan fingerprint density at radius 1 is 1.50 bits per heavy atom. The van der Waals surface area contributed by atoms with E-state index in [0.717, 1.165) is 6.54 Å². The smallest absolute Gasteiger partial charge is 0.225 e. The lowest BCUT2D eigenvalue weighted by atomic mass is 10.2. The van der Waals surface area contributed by atoms with E-state index in [4.69, 9.17) is 11.0 Å². The Morgan fingerprint density at radius 3 is 2.85 bits per heavy atom. The van der Waals surface area contributed by atoms with Crippen LogP contribution in [0.3, 0.4) is 0 Å². The maximum atomic E-state index is 12.9. The summed E-state index contributed by atoms with van der Waals surface area (Å²) in [4.78, 5) is 13.8. The zero-order valence-electron chi connectivity index (χ0n) is 11.5. The van der Waals surface area contributed by atoms with Gasteiger partial charge in [0.2, 0.25) is 5.91 Å². The van der Waals surface area contributed by atoms with E-state index in [1.807, 2.05) is 11.8 Å². The lowest BCUT2D eigenvalue weighted by Crippen LogP contribution is -2.28. The minimum Gasteiger partial charge on any atom is -0.397 e. The van der Waals surface area contributed by atoms with Gasteiger partial charge in [0.25, 0.3) is 0 Å². The number of carbonyl (C=O) groups excluding carboxylic acids is 1. The standard InChI is InChI=1S/C14H19FN4O/c1-2-19(8-3-7-16)9-6-14(20)18-13-5-4-11(15)10-12(13)17/h4-5,10H,2-3,6,8-9,17H2,1H3,(H,18,20). The van der Waals surface area contributed by atoms with Crippen molar-refractivity contribution in [1.82, 2.24) is 4.90 Å². The highest BCUT2D eigenvalue weighted by Crippen LogP contribution is 2.19. The summed E-state index contributed by atoms with van der Waals surface area (Å²) in [5, 5.41) is 11.2. The summed E-state index contributed by atoms with van der Waals surface area (Å²) in [5.41, 5.74) is 6.23. The monoisotopic (exact) mass is 278 g/mol. The highest BCUT2D eigenvalue weighted by Gasteiger charge is 2.08. The van der Waals surface area contributed by atoms with Crippen molar-refractivity contribution in [2.45, 2.75) is 19.8 Å². The van der Waals surface area contributed by atoms with Crippen LogP contribution in [0.4, 0.5) is 15.8 Å². The van der Waals surface area contributed by atoms with Gasteiger partial charge in [-0.3, -0.25) is 4.79 Å². The molecule has 108 valence electrons. The lowest BCUT2D eigenvalue weighted by molar-refractivity contribution is -0.116. The zero-order chi connectivity index (χ0) is 15.0. The van der Waals surface area contributed by atoms with Gasteiger partial charge in [-0.1, -0.05) is 6.92 Å². The quantitative estimate of drug-likeness (QED) is 0.747. The van der Waals surface area contributed by atoms with Crippen LogP contribution in [-0.4, -0.2) is 30.4 Å². The van der Waals surface area contributed by atoms with Crippen molar-refractivity contribution < 1.29 is 9.18 Å². The van der Waals surface area contributed by atoms with Crippen LogP contribution in [0.2, 0.25) is 0 Å². The van der Waals surface area contributed by atoms with Gasteiger partial charge in [-0.2, -0.15) is 5.26 Å². The zero-order valence-corrected chi connectivity index (χ0v) is 11.5. The van der Waals surface area contributed by atoms with Gasteiger partial charge in [0, 0.05) is 25.9 Å². The first-order chi connectivity index (χ1) is 9.56. The Bertz CT molecular complexity index is 498. The van der Waals surface area contributed by atoms with E-state index in [9.17, 15) is 9.18 Å². The van der Waals surface area contributed by atoms with Crippen molar-refractivity contribution in [3.05, 3.63) is 24.0 Å². The van der Waals surface area contributed by atoms with Crippen molar-refractivity contribution in [3.63, 3.8) is 0 Å². The molecular weight excluding hydrogens is 259 g/mol. The lowest BCUT2D eigenvalue weighted by Gasteiger charge is -2.18. The number of amides is 1. The molecule has 1 aromatic rings. The van der Waals surface area contributed by atoms with E-state index < -0.39 is 5.82 Å². The number of nitriles is 1. The minimum absolute atomic E-state index is 0.182. The Morgan fingerprint density at radius 2 is 2.25 bits per heavy atom. The Hall–Kier alpha value is -2.13. The Balaban J connectivity index is 2.45. The third-order valence-corrected chi connectivity index (χ3v) is 2.93. The van der Waals surface area contributed by atoms with Gasteiger partial charge in [-0.05, 0) is 24.7 Å². The number of hydrogen-bond donors (Lipinski definition) is 2. The molecule has 0 heterocycles. The third kappa shape index (κ3) is 5.24. The molecule has 0 unspecified atom stereocenters. The van der Waals surface area contributed by atoms with Crippen LogP contribution in [0, 0.1) is 17.1 Å². The molecule has 1 rings (SSSR count). The van der Waals surface area contributed by atoms with Gasteiger partial charge in [-0.15, -0.1) is 0 Å². The summed E-state index contributed by atoms with van der Waals surface area (Å²) < 4.78 is 12.9. The average Bonchev–Trinajstić information content (AvgIpc) is 2.42. The number of nitrogens with two attached hydrogens (primary N) is 1. The highest BCUT2D eigenvalue weighted by atomic mass is 19.1. The van der Waals surface area contributed by atoms with Gasteiger partial charge in [-0.25, -0.2) is 4.39 Å². The van der Waals surface area contributed by atoms with Crippen molar-refractivity contribution in [3.8, 4) is 6.07 Å². The second-order valence-corrected chi connectivity index (χ2v) is 4.37. The summed E-state index contributed by atoms with van der Waals surface area (Å²) >= 11 is 0. The first-order valence-corrected chi connectivity index (χ1v) is 6.51. The molecule has 0 saturated carbocycles. The molecule has 0 aliphatic heterocycles. The summed E-state index contributed by atoms with van der Waals surface area (Å²) in [7, 11) is 0. The molecule has 0 fully saturated rings. The predicted molar refractivity (Wildman–Crippen MR) is 76.4 cm³/mol. The van der Waals surface area contributed by atoms with Crippen LogP contribution in [0.1, 0.15) is 19.8 Å². The first kappa shape index (κ1) is 15.9. The molecule has 5 nitrogen and oxygen atoms in total. The summed E-state index contributed by atoms with van der Waals surface area (Å²) in [6.07, 6.45) is 0.746. The van der Waals surface area contributed by atoms with Crippen LogP contribution in [0.25, 0.3) is 0 Å². The molecule has 0 aliphatic carbocycles. The van der Waals surface area contributed by atoms with E-state index in [2.05, 4.69) is 11.4 Å². The predicted octanol–water partition coefficient (Wildman–Crippen LogP) is 1.97. The number of nitrogens with one attached hydrogen (secondary N) is 1. The van der Waals surface area contributed by atoms with Crippen molar-refractivity contribution >= 4 is 17.3 Å². The fraction of sp³-hybridized carbons (Fsp3) is 0.429. The molecule has 6 heteroatoms. The summed E-state index contributed by atoms with van der Waals surface area (Å²) in [5.74, 6) is -0.618. The Labute approximate surface area is 118 Å². The second-order valence-electron chi connectivity index (χ2n) is 4.37. The second kappa shape index (κ2) is 8.12. The van der Waals surface area contributed by atoms with Crippen molar-refractivity contribution in [1.29, 1.82) is 5.26 Å². The molecule has 3 N–H and O–H groups in total. The average molecular weight is 278 g/mol. The number of anilines is 2. The van der Waals surface area contributed by atoms with Gasteiger partial charge >= 0.3 is 0 Å². The van der Waals surface area contributed by atoms with E-state index in [1.165, 1.54) is 18.2 Å². The largest absolute Gasteiger partial charge is 0.397 e. The molecule has 0 aliphatic rings. The van der Waals surface area contributed by atoms with Gasteiger partial charge < -0.3 is 16.0 Å². The number of nitrogens with zero attached hydrogens (tertiary/aromatic N) is 2. The minimum atomic E-state index is -0.436. The molecule has 0 bridgehead atoms. The molecular formula is C14H19FN4O. The highest BCUT2D eigenvalue weighted by molar-refractivity contribution is 5.93. The number of nitrogen functional groups attached to an aromatic ring is 1. The molecule has 1 amide bonds. The number of carbonyl (C=O) groups is 1. The third-order valence-electron chi connectivity index (χ3n) is 2.93. The van der Waals surface area contributed by atoms with E-state index in [0.29, 0.717) is 31.6 Å². The number of benzene rings is 1. The Kier molecular flexibility index (Phi) is 6.47. The van der Waals surface area contributed by atoms with Crippen LogP contribution in [0.5, 0.6) is 0 Å². The van der Waals surface area contributed by atoms with Gasteiger partial charge in [0.05, 0.1) is 17.4 Å². The van der Waals surface area contributed by atoms with Crippen LogP contribution in [-0.2, 0) is 4.79 Å². The molecule has 1 aromatic carbocycles. The fourth-order valence-corrected chi connectivity index (χ4v) is 1.76. The van der Waals surface area contributed by atoms with Gasteiger partial charge in [0.15, 0.2) is 0 Å². The van der Waals surface area contributed by atoms with E-state index in [-0.39, 0.29) is 11.6 Å². The number of rotatable bonds is 7. The molecule has 0 atom stereocenters. The first-order valence-electron chi connectivity index (χ1n) is 6.51. The summed E-state index contributed by atoms with van der Waals surface area (Å²) in [6, 6.07) is 5.93. The van der Waals surface area contributed by atoms with Crippen molar-refractivity contribution in [2.24, 2.45) is 0 Å². The van der Waals surface area contributed by atoms with E-state index in [1.54, 1.807) is 0 Å². The fourth-order valence-electron chi connectivity index (χ4n) is 1.76. The molecule has 0 spiro atoms. The SMILES string of the molecule is CCN(CCC#N)CCC(=O)Nc1ccc(F)cc1N. The molecule has 0 saturated heterocycles. The summed E-state index contributed by atoms with van der Waals surface area (Å²) in [6.45, 7) is 3.99. The maximum absolute atomic E-state index is 12.9. The van der Waals surface area contributed by atoms with Crippen LogP contribution < -0.4 is 11.1 Å². The topological polar surface area (TPSA) is 82.2 Å². The van der Waals surface area contributed by atoms with Crippen LogP contribution >= 0.6 is 0 Å². The molecule has 0 radical (unpaired) electrons. The maximum Gasteiger partial charge on any atom is 0.225 e. The van der Waals surface area contributed by atoms with Crippen molar-refractivity contribution in [2.75, 3.05) is 30.7 Å². The van der Waals surface area contributed by atoms with Gasteiger partial charge in [0.1, 0.15) is 5.82 Å². The normalized spacial score (nSPS) is 10.3. The number of halogens is 1. The molecule has 0 aromatic heterocycles. The van der Waals surface area contributed by atoms with E-state index >= 15 is 0 Å². The van der Waals surface area contributed by atoms with Crippen LogP contribution in [0.15, 0.2) is 18.2 Å². The number of hydrogen-bond acceptors (Lipinski definition) is 4.